The lowest BCUT2D eigenvalue weighted by Crippen LogP contribution is -2.50. The molecule has 1 aromatic carbocycles. The first-order valence-electron chi connectivity index (χ1n) is 9.40. The molecule has 0 radical (unpaired) electrons. The van der Waals surface area contributed by atoms with Crippen LogP contribution in [0, 0.1) is 11.3 Å². The van der Waals surface area contributed by atoms with Crippen molar-refractivity contribution in [3.05, 3.63) is 35.9 Å². The number of alkyl carbamates (subject to hydrolysis) is 1. The van der Waals surface area contributed by atoms with E-state index in [9.17, 15) is 14.4 Å². The number of aliphatic carboxylic acids is 1. The Hall–Kier alpha value is -3.10. The van der Waals surface area contributed by atoms with Crippen LogP contribution in [0.4, 0.5) is 4.79 Å². The van der Waals surface area contributed by atoms with Crippen LogP contribution in [0.5, 0.6) is 0 Å². The zero-order valence-electron chi connectivity index (χ0n) is 17.2. The summed E-state index contributed by atoms with van der Waals surface area (Å²) in [7, 11) is 1.38. The molecule has 0 aliphatic heterocycles. The van der Waals surface area contributed by atoms with Crippen LogP contribution in [0.1, 0.15) is 39.2 Å². The second-order valence-electron chi connectivity index (χ2n) is 6.84. The van der Waals surface area contributed by atoms with Crippen LogP contribution in [-0.2, 0) is 25.5 Å². The number of nitrogens with one attached hydrogen (secondary N) is 2. The third-order valence-electron chi connectivity index (χ3n) is 4.19. The molecule has 0 aliphatic rings. The van der Waals surface area contributed by atoms with Crippen LogP contribution in [0.15, 0.2) is 30.3 Å². The molecular formula is C20H29N3O6. The first-order valence-corrected chi connectivity index (χ1v) is 9.40. The average molecular weight is 407 g/mol. The van der Waals surface area contributed by atoms with Crippen molar-refractivity contribution in [1.82, 2.24) is 10.2 Å². The molecule has 1 amide bonds. The van der Waals surface area contributed by atoms with Gasteiger partial charge in [0.15, 0.2) is 0 Å². The van der Waals surface area contributed by atoms with Crippen molar-refractivity contribution in [3.63, 3.8) is 0 Å². The van der Waals surface area contributed by atoms with Crippen LogP contribution in [0.3, 0.4) is 0 Å². The fraction of sp³-hybridized carbons (Fsp3) is 0.500. The van der Waals surface area contributed by atoms with E-state index in [1.54, 1.807) is 20.8 Å². The molecule has 9 heteroatoms. The molecule has 2 unspecified atom stereocenters. The van der Waals surface area contributed by atoms with E-state index >= 15 is 0 Å². The van der Waals surface area contributed by atoms with E-state index in [1.165, 1.54) is 7.05 Å². The molecule has 0 bridgehead atoms. The molecule has 0 heterocycles. The minimum Gasteiger partial charge on any atom is -0.480 e. The van der Waals surface area contributed by atoms with Crippen LogP contribution in [0.2, 0.25) is 0 Å². The van der Waals surface area contributed by atoms with Gasteiger partial charge in [-0.05, 0) is 18.4 Å². The van der Waals surface area contributed by atoms with Gasteiger partial charge in [-0.1, -0.05) is 51.1 Å². The number of likely N-dealkylation sites (N-methyl/N-ethyl adjacent to an activating group) is 1. The molecule has 2 atom stereocenters. The Balaban J connectivity index is 2.57. The number of benzene rings is 1. The minimum atomic E-state index is -1.13. The maximum atomic E-state index is 12.1. The summed E-state index contributed by atoms with van der Waals surface area (Å²) in [6.45, 7) is 5.10. The number of carboxylic acids is 1. The normalized spacial score (nSPS) is 12.6. The molecule has 1 rings (SSSR count). The van der Waals surface area contributed by atoms with Crippen molar-refractivity contribution < 1.29 is 29.0 Å². The monoisotopic (exact) mass is 407 g/mol. The summed E-state index contributed by atoms with van der Waals surface area (Å²) in [6, 6.07) is 8.49. The number of carboxylic acid groups (broad SMARTS) is 1. The quantitative estimate of drug-likeness (QED) is 0.248. The van der Waals surface area contributed by atoms with Gasteiger partial charge in [0, 0.05) is 19.4 Å². The van der Waals surface area contributed by atoms with Gasteiger partial charge in [0.1, 0.15) is 6.04 Å². The number of carbonyl (C=O) groups excluding carboxylic acids is 2. The topological polar surface area (TPSA) is 129 Å². The van der Waals surface area contributed by atoms with Gasteiger partial charge in [-0.15, -0.1) is 0 Å². The van der Waals surface area contributed by atoms with Gasteiger partial charge in [-0.3, -0.25) is 15.5 Å². The van der Waals surface area contributed by atoms with Crippen LogP contribution >= 0.6 is 0 Å². The Morgan fingerprint density at radius 1 is 1.17 bits per heavy atom. The molecule has 3 N–H and O–H groups in total. The standard InChI is InChI=1S/C20H29N3O6/c1-5-15(17(25)26)23(4)19(21)22-20(27)29-18(13(2)3)28-16(24)12-11-14-9-7-6-8-10-14/h6-10,13,15,18H,5,11-12H2,1-4H3,(H,25,26)(H2,21,22,27). The number of esters is 1. The number of aryl methyl sites for hydroxylation is 1. The summed E-state index contributed by atoms with van der Waals surface area (Å²) in [5.41, 5.74) is 0.990. The van der Waals surface area contributed by atoms with E-state index < -0.39 is 36.3 Å². The van der Waals surface area contributed by atoms with E-state index in [-0.39, 0.29) is 18.8 Å². The number of hydrogen-bond donors (Lipinski definition) is 3. The molecule has 0 fully saturated rings. The Morgan fingerprint density at radius 2 is 1.79 bits per heavy atom. The second kappa shape index (κ2) is 11.7. The highest BCUT2D eigenvalue weighted by Crippen LogP contribution is 2.12. The lowest BCUT2D eigenvalue weighted by Gasteiger charge is -2.27. The molecule has 9 nitrogen and oxygen atoms in total. The van der Waals surface area contributed by atoms with Crippen molar-refractivity contribution in [3.8, 4) is 0 Å². The summed E-state index contributed by atoms with van der Waals surface area (Å²) < 4.78 is 10.4. The maximum absolute atomic E-state index is 12.1. The molecule has 1 aromatic rings. The zero-order chi connectivity index (χ0) is 22.0. The van der Waals surface area contributed by atoms with Crippen molar-refractivity contribution >= 4 is 24.0 Å². The molecule has 0 spiro atoms. The minimum absolute atomic E-state index is 0.133. The van der Waals surface area contributed by atoms with Crippen molar-refractivity contribution in [2.45, 2.75) is 52.4 Å². The Morgan fingerprint density at radius 3 is 2.31 bits per heavy atom. The number of amides is 1. The van der Waals surface area contributed by atoms with Gasteiger partial charge in [0.2, 0.25) is 5.96 Å². The number of guanidine groups is 1. The highest BCUT2D eigenvalue weighted by atomic mass is 16.7. The third-order valence-corrected chi connectivity index (χ3v) is 4.19. The summed E-state index contributed by atoms with van der Waals surface area (Å²) in [5, 5.41) is 19.1. The molecular weight excluding hydrogens is 378 g/mol. The lowest BCUT2D eigenvalue weighted by molar-refractivity contribution is -0.174. The number of nitrogens with zero attached hydrogens (tertiary/aromatic N) is 1. The van der Waals surface area contributed by atoms with Gasteiger partial charge in [0.05, 0.1) is 0 Å². The van der Waals surface area contributed by atoms with Gasteiger partial charge in [-0.25, -0.2) is 9.59 Å². The van der Waals surface area contributed by atoms with Gasteiger partial charge >= 0.3 is 18.0 Å². The Kier molecular flexibility index (Phi) is 9.64. The molecule has 160 valence electrons. The number of hydrogen-bond acceptors (Lipinski definition) is 6. The molecule has 29 heavy (non-hydrogen) atoms. The fourth-order valence-corrected chi connectivity index (χ4v) is 2.47. The van der Waals surface area contributed by atoms with E-state index in [0.717, 1.165) is 10.5 Å². The lowest BCUT2D eigenvalue weighted by atomic mass is 10.1. The fourth-order valence-electron chi connectivity index (χ4n) is 2.47. The Labute approximate surface area is 170 Å². The summed E-state index contributed by atoms with van der Waals surface area (Å²) in [6.07, 6.45) is -1.25. The highest BCUT2D eigenvalue weighted by Gasteiger charge is 2.26. The maximum Gasteiger partial charge on any atom is 0.417 e. The number of ether oxygens (including phenoxy) is 2. The smallest absolute Gasteiger partial charge is 0.417 e. The summed E-state index contributed by atoms with van der Waals surface area (Å²) in [5.74, 6) is -2.36. The number of carbonyl (C=O) groups is 3. The first-order chi connectivity index (χ1) is 13.6. The van der Waals surface area contributed by atoms with Gasteiger partial charge in [-0.2, -0.15) is 0 Å². The third kappa shape index (κ3) is 8.20. The SMILES string of the molecule is CCC(C(=O)O)N(C)C(=N)NC(=O)OC(OC(=O)CCc1ccccc1)C(C)C. The van der Waals surface area contributed by atoms with E-state index in [2.05, 4.69) is 5.32 Å². The van der Waals surface area contributed by atoms with E-state index in [0.29, 0.717) is 6.42 Å². The summed E-state index contributed by atoms with van der Waals surface area (Å²) in [4.78, 5) is 36.5. The van der Waals surface area contributed by atoms with Gasteiger partial charge < -0.3 is 19.5 Å². The Bertz CT molecular complexity index is 707. The molecule has 0 aliphatic carbocycles. The summed E-state index contributed by atoms with van der Waals surface area (Å²) >= 11 is 0. The van der Waals surface area contributed by atoms with E-state index in [4.69, 9.17) is 20.0 Å². The predicted octanol–water partition coefficient (Wildman–Crippen LogP) is 2.60. The first kappa shape index (κ1) is 23.9. The molecule has 0 aromatic heterocycles. The molecule has 0 saturated heterocycles. The van der Waals surface area contributed by atoms with Crippen molar-refractivity contribution in [2.24, 2.45) is 5.92 Å². The largest absolute Gasteiger partial charge is 0.480 e. The number of rotatable bonds is 9. The van der Waals surface area contributed by atoms with Crippen LogP contribution < -0.4 is 5.32 Å². The van der Waals surface area contributed by atoms with Gasteiger partial charge in [0.25, 0.3) is 6.29 Å². The van der Waals surface area contributed by atoms with Crippen LogP contribution in [-0.4, -0.2) is 53.4 Å². The second-order valence-corrected chi connectivity index (χ2v) is 6.84. The van der Waals surface area contributed by atoms with Crippen molar-refractivity contribution in [2.75, 3.05) is 7.05 Å². The predicted molar refractivity (Wildman–Crippen MR) is 106 cm³/mol. The highest BCUT2D eigenvalue weighted by molar-refractivity contribution is 5.94. The van der Waals surface area contributed by atoms with E-state index in [1.807, 2.05) is 30.3 Å². The zero-order valence-corrected chi connectivity index (χ0v) is 17.2. The molecule has 0 saturated carbocycles. The van der Waals surface area contributed by atoms with Crippen LogP contribution in [0.25, 0.3) is 0 Å². The average Bonchev–Trinajstić information content (AvgIpc) is 2.66. The van der Waals surface area contributed by atoms with Crippen molar-refractivity contribution in [1.29, 1.82) is 5.41 Å².